The second-order valence-corrected chi connectivity index (χ2v) is 6.69. The van der Waals surface area contributed by atoms with Crippen LogP contribution in [0.1, 0.15) is 30.4 Å². The molecule has 0 aliphatic carbocycles. The van der Waals surface area contributed by atoms with Crippen molar-refractivity contribution in [2.45, 2.75) is 19.3 Å². The highest BCUT2D eigenvalue weighted by molar-refractivity contribution is 9.11. The summed E-state index contributed by atoms with van der Waals surface area (Å²) in [6, 6.07) is 12.0. The molecule has 4 heteroatoms. The zero-order valence-electron chi connectivity index (χ0n) is 11.4. The van der Waals surface area contributed by atoms with E-state index in [2.05, 4.69) is 44.8 Å². The predicted octanol–water partition coefficient (Wildman–Crippen LogP) is 6.21. The Morgan fingerprint density at radius 1 is 1.14 bits per heavy atom. The molecule has 0 radical (unpaired) electrons. The molecule has 1 aromatic heterocycles. The van der Waals surface area contributed by atoms with Crippen molar-refractivity contribution in [2.24, 2.45) is 0 Å². The molecular weight excluding hydrogens is 396 g/mol. The van der Waals surface area contributed by atoms with Gasteiger partial charge in [0, 0.05) is 16.9 Å². The first-order valence-corrected chi connectivity index (χ1v) is 8.34. The fourth-order valence-electron chi connectivity index (χ4n) is 2.69. The summed E-state index contributed by atoms with van der Waals surface area (Å²) in [5.74, 6) is 0.451. The van der Waals surface area contributed by atoms with Gasteiger partial charge < -0.3 is 9.52 Å². The summed E-state index contributed by atoms with van der Waals surface area (Å²) >= 11 is 6.81. The summed E-state index contributed by atoms with van der Waals surface area (Å²) in [4.78, 5) is 0. The second-order valence-electron chi connectivity index (χ2n) is 4.98. The van der Waals surface area contributed by atoms with Gasteiger partial charge in [0.15, 0.2) is 0 Å². The molecule has 21 heavy (non-hydrogen) atoms. The molecule has 0 aliphatic heterocycles. The third kappa shape index (κ3) is 2.62. The van der Waals surface area contributed by atoms with Crippen LogP contribution in [0.4, 0.5) is 0 Å². The van der Waals surface area contributed by atoms with E-state index in [1.807, 2.05) is 36.6 Å². The van der Waals surface area contributed by atoms with Gasteiger partial charge in [0.1, 0.15) is 11.3 Å². The number of aromatic hydroxyl groups is 1. The Hall–Kier alpha value is -1.26. The zero-order chi connectivity index (χ0) is 15.0. The van der Waals surface area contributed by atoms with Crippen molar-refractivity contribution in [3.05, 3.63) is 62.7 Å². The van der Waals surface area contributed by atoms with Crippen LogP contribution < -0.4 is 0 Å². The summed E-state index contributed by atoms with van der Waals surface area (Å²) in [5, 5.41) is 11.0. The molecule has 0 fully saturated rings. The lowest BCUT2D eigenvalue weighted by Gasteiger charge is -2.16. The smallest absolute Gasteiger partial charge is 0.143 e. The molecule has 0 spiro atoms. The molecule has 3 aromatic rings. The quantitative estimate of drug-likeness (QED) is 0.558. The lowest BCUT2D eigenvalue weighted by Crippen LogP contribution is -1.99. The van der Waals surface area contributed by atoms with Gasteiger partial charge in [0.2, 0.25) is 0 Å². The lowest BCUT2D eigenvalue weighted by atomic mass is 9.89. The number of hydrogen-bond donors (Lipinski definition) is 1. The van der Waals surface area contributed by atoms with E-state index >= 15 is 0 Å². The Morgan fingerprint density at radius 2 is 1.81 bits per heavy atom. The first-order chi connectivity index (χ1) is 10.1. The molecule has 0 amide bonds. The zero-order valence-corrected chi connectivity index (χ0v) is 14.6. The van der Waals surface area contributed by atoms with Gasteiger partial charge in [-0.15, -0.1) is 0 Å². The van der Waals surface area contributed by atoms with E-state index in [9.17, 15) is 5.11 Å². The maximum atomic E-state index is 9.88. The first kappa shape index (κ1) is 14.7. The largest absolute Gasteiger partial charge is 0.506 e. The minimum absolute atomic E-state index is 0.224. The van der Waals surface area contributed by atoms with Gasteiger partial charge in [0.05, 0.1) is 15.2 Å². The molecule has 0 saturated carbocycles. The topological polar surface area (TPSA) is 33.4 Å². The summed E-state index contributed by atoms with van der Waals surface area (Å²) in [6.07, 6.45) is 2.79. The van der Waals surface area contributed by atoms with Crippen molar-refractivity contribution in [1.29, 1.82) is 0 Å². The van der Waals surface area contributed by atoms with Gasteiger partial charge in [-0.2, -0.15) is 0 Å². The van der Waals surface area contributed by atoms with E-state index in [0.717, 1.165) is 23.0 Å². The van der Waals surface area contributed by atoms with Crippen LogP contribution in [0.15, 0.2) is 56.0 Å². The van der Waals surface area contributed by atoms with Crippen LogP contribution in [-0.4, -0.2) is 5.11 Å². The lowest BCUT2D eigenvalue weighted by molar-refractivity contribution is 0.468. The van der Waals surface area contributed by atoms with Crippen LogP contribution in [0.2, 0.25) is 0 Å². The molecule has 0 saturated heterocycles. The predicted molar refractivity (Wildman–Crippen MR) is 91.9 cm³/mol. The monoisotopic (exact) mass is 408 g/mol. The number of hydrogen-bond acceptors (Lipinski definition) is 2. The molecule has 1 heterocycles. The van der Waals surface area contributed by atoms with E-state index in [-0.39, 0.29) is 11.7 Å². The number of para-hydroxylation sites is 1. The third-order valence-corrected chi connectivity index (χ3v) is 4.95. The number of phenols is 1. The molecule has 3 rings (SSSR count). The molecule has 1 atom stereocenters. The summed E-state index contributed by atoms with van der Waals surface area (Å²) < 4.78 is 7.05. The van der Waals surface area contributed by atoms with E-state index in [1.165, 1.54) is 5.56 Å². The van der Waals surface area contributed by atoms with Crippen LogP contribution in [0.3, 0.4) is 0 Å². The highest BCUT2D eigenvalue weighted by Gasteiger charge is 2.19. The van der Waals surface area contributed by atoms with Gasteiger partial charge in [-0.25, -0.2) is 0 Å². The Labute approximate surface area is 140 Å². The molecule has 0 aliphatic rings. The van der Waals surface area contributed by atoms with Crippen LogP contribution >= 0.6 is 31.9 Å². The first-order valence-electron chi connectivity index (χ1n) is 6.75. The van der Waals surface area contributed by atoms with Crippen molar-refractivity contribution in [1.82, 2.24) is 0 Å². The maximum Gasteiger partial charge on any atom is 0.143 e. The van der Waals surface area contributed by atoms with E-state index in [4.69, 9.17) is 4.42 Å². The standard InChI is InChI=1S/C17H14Br2O2/c1-2-11(10-7-14(18)17(20)15(19)8-10)13-9-21-16-6-4-3-5-12(13)16/h3-9,11,20H,2H2,1H3. The number of fused-ring (bicyclic) bond motifs is 1. The van der Waals surface area contributed by atoms with Crippen LogP contribution in [0, 0.1) is 0 Å². The van der Waals surface area contributed by atoms with Crippen LogP contribution in [0.5, 0.6) is 5.75 Å². The Kier molecular flexibility index (Phi) is 4.09. The van der Waals surface area contributed by atoms with E-state index < -0.39 is 0 Å². The van der Waals surface area contributed by atoms with Crippen molar-refractivity contribution >= 4 is 42.8 Å². The molecule has 0 bridgehead atoms. The summed E-state index contributed by atoms with van der Waals surface area (Å²) in [6.45, 7) is 2.15. The fraction of sp³-hybridized carbons (Fsp3) is 0.176. The highest BCUT2D eigenvalue weighted by atomic mass is 79.9. The van der Waals surface area contributed by atoms with Crippen LogP contribution in [0.25, 0.3) is 11.0 Å². The second kappa shape index (κ2) is 5.85. The molecule has 108 valence electrons. The third-order valence-electron chi connectivity index (χ3n) is 3.74. The van der Waals surface area contributed by atoms with Crippen molar-refractivity contribution < 1.29 is 9.52 Å². The Morgan fingerprint density at radius 3 is 2.48 bits per heavy atom. The number of furan rings is 1. The molecular formula is C17H14Br2O2. The minimum Gasteiger partial charge on any atom is -0.506 e. The van der Waals surface area contributed by atoms with Gasteiger partial charge in [-0.3, -0.25) is 0 Å². The average Bonchev–Trinajstić information content (AvgIpc) is 2.90. The number of rotatable bonds is 3. The normalized spacial score (nSPS) is 12.7. The number of benzene rings is 2. The van der Waals surface area contributed by atoms with Gasteiger partial charge in [-0.05, 0) is 62.0 Å². The molecule has 2 aromatic carbocycles. The van der Waals surface area contributed by atoms with E-state index in [0.29, 0.717) is 8.95 Å². The molecule has 1 unspecified atom stereocenters. The van der Waals surface area contributed by atoms with Crippen LogP contribution in [-0.2, 0) is 0 Å². The SMILES string of the molecule is CCC(c1cc(Br)c(O)c(Br)c1)c1coc2ccccc12. The average molecular weight is 410 g/mol. The maximum absolute atomic E-state index is 9.88. The Bertz CT molecular complexity index is 769. The Balaban J connectivity index is 2.14. The van der Waals surface area contributed by atoms with Crippen molar-refractivity contribution in [3.8, 4) is 5.75 Å². The van der Waals surface area contributed by atoms with E-state index in [1.54, 1.807) is 0 Å². The van der Waals surface area contributed by atoms with Crippen molar-refractivity contribution in [3.63, 3.8) is 0 Å². The van der Waals surface area contributed by atoms with Gasteiger partial charge in [0.25, 0.3) is 0 Å². The molecule has 1 N–H and O–H groups in total. The fourth-order valence-corrected chi connectivity index (χ4v) is 3.91. The van der Waals surface area contributed by atoms with Gasteiger partial charge >= 0.3 is 0 Å². The van der Waals surface area contributed by atoms with Gasteiger partial charge in [-0.1, -0.05) is 25.1 Å². The minimum atomic E-state index is 0.224. The summed E-state index contributed by atoms with van der Waals surface area (Å²) in [5.41, 5.74) is 3.22. The molecule has 2 nitrogen and oxygen atoms in total. The van der Waals surface area contributed by atoms with Crippen molar-refractivity contribution in [2.75, 3.05) is 0 Å². The highest BCUT2D eigenvalue weighted by Crippen LogP contribution is 2.40. The summed E-state index contributed by atoms with van der Waals surface area (Å²) in [7, 11) is 0. The number of halogens is 2. The number of phenolic OH excluding ortho intramolecular Hbond substituents is 1.